The van der Waals surface area contributed by atoms with Crippen molar-refractivity contribution in [3.8, 4) is 0 Å². The molecule has 104 valence electrons. The third kappa shape index (κ3) is 2.80. The smallest absolute Gasteiger partial charge is 0.0410 e. The number of rotatable bonds is 2. The van der Waals surface area contributed by atoms with E-state index in [1.807, 2.05) is 6.07 Å². The van der Waals surface area contributed by atoms with Gasteiger partial charge in [0, 0.05) is 29.1 Å². The van der Waals surface area contributed by atoms with Crippen molar-refractivity contribution < 1.29 is 0 Å². The molecule has 1 aromatic carbocycles. The van der Waals surface area contributed by atoms with Crippen LogP contribution in [-0.4, -0.2) is 13.1 Å². The number of nitrogens with zero attached hydrogens (tertiary/aromatic N) is 1. The van der Waals surface area contributed by atoms with Gasteiger partial charge in [-0.15, -0.1) is 0 Å². The molecular weight excluding hydrogens is 322 g/mol. The van der Waals surface area contributed by atoms with Crippen LogP contribution in [0.15, 0.2) is 18.2 Å². The van der Waals surface area contributed by atoms with Crippen molar-refractivity contribution in [1.29, 1.82) is 0 Å². The molecule has 0 bridgehead atoms. The minimum atomic E-state index is 0.692. The molecule has 0 N–H and O–H groups in total. The van der Waals surface area contributed by atoms with Gasteiger partial charge in [-0.3, -0.25) is 0 Å². The van der Waals surface area contributed by atoms with Crippen molar-refractivity contribution in [3.05, 3.63) is 28.8 Å². The average Bonchev–Trinajstić information content (AvgIpc) is 2.88. The number of halogens is 2. The Hall–Kier alpha value is -0.210. The van der Waals surface area contributed by atoms with Crippen LogP contribution in [0.3, 0.4) is 0 Å². The van der Waals surface area contributed by atoms with Crippen molar-refractivity contribution >= 4 is 33.2 Å². The Morgan fingerprint density at radius 3 is 2.42 bits per heavy atom. The second-order valence-corrected chi connectivity index (χ2v) is 7.10. The van der Waals surface area contributed by atoms with Crippen molar-refractivity contribution in [2.45, 2.75) is 43.9 Å². The van der Waals surface area contributed by atoms with Gasteiger partial charge < -0.3 is 4.90 Å². The zero-order valence-corrected chi connectivity index (χ0v) is 13.6. The molecule has 19 heavy (non-hydrogen) atoms. The molecule has 2 fully saturated rings. The number of piperidine rings is 1. The van der Waals surface area contributed by atoms with Crippen molar-refractivity contribution in [2.75, 3.05) is 18.0 Å². The normalized spacial score (nSPS) is 22.1. The molecule has 0 aromatic heterocycles. The molecule has 1 nitrogen and oxygen atoms in total. The van der Waals surface area contributed by atoms with Gasteiger partial charge >= 0.3 is 0 Å². The van der Waals surface area contributed by atoms with E-state index in [4.69, 9.17) is 11.6 Å². The SMILES string of the molecule is Clc1ccc(N2CCC3(CCCC3)CC2)c(CBr)c1. The lowest BCUT2D eigenvalue weighted by Gasteiger charge is -2.41. The van der Waals surface area contributed by atoms with Gasteiger partial charge in [-0.2, -0.15) is 0 Å². The molecule has 0 amide bonds. The molecule has 1 spiro atoms. The fourth-order valence-corrected chi connectivity index (χ4v) is 4.46. The van der Waals surface area contributed by atoms with E-state index >= 15 is 0 Å². The Balaban J connectivity index is 1.74. The van der Waals surface area contributed by atoms with E-state index in [9.17, 15) is 0 Å². The van der Waals surface area contributed by atoms with Gasteiger partial charge in [-0.25, -0.2) is 0 Å². The molecule has 1 aliphatic heterocycles. The van der Waals surface area contributed by atoms with Crippen LogP contribution in [0.1, 0.15) is 44.1 Å². The summed E-state index contributed by atoms with van der Waals surface area (Å²) in [5.74, 6) is 0. The van der Waals surface area contributed by atoms with Crippen LogP contribution in [0.5, 0.6) is 0 Å². The summed E-state index contributed by atoms with van der Waals surface area (Å²) < 4.78 is 0. The number of hydrogen-bond donors (Lipinski definition) is 0. The maximum Gasteiger partial charge on any atom is 0.0410 e. The van der Waals surface area contributed by atoms with Crippen LogP contribution in [0.4, 0.5) is 5.69 Å². The van der Waals surface area contributed by atoms with Crippen LogP contribution in [-0.2, 0) is 5.33 Å². The largest absolute Gasteiger partial charge is 0.371 e. The maximum atomic E-state index is 6.09. The van der Waals surface area contributed by atoms with Crippen molar-refractivity contribution in [2.24, 2.45) is 5.41 Å². The summed E-state index contributed by atoms with van der Waals surface area (Å²) in [5, 5.41) is 1.72. The van der Waals surface area contributed by atoms with Gasteiger partial charge in [0.15, 0.2) is 0 Å². The quantitative estimate of drug-likeness (QED) is 0.651. The van der Waals surface area contributed by atoms with Gasteiger partial charge in [0.2, 0.25) is 0 Å². The number of hydrogen-bond acceptors (Lipinski definition) is 1. The minimum absolute atomic E-state index is 0.692. The first-order chi connectivity index (χ1) is 9.22. The van der Waals surface area contributed by atoms with Crippen molar-refractivity contribution in [3.63, 3.8) is 0 Å². The molecule has 0 atom stereocenters. The van der Waals surface area contributed by atoms with Crippen LogP contribution in [0, 0.1) is 5.41 Å². The van der Waals surface area contributed by atoms with Crippen LogP contribution in [0.25, 0.3) is 0 Å². The summed E-state index contributed by atoms with van der Waals surface area (Å²) in [6.07, 6.45) is 8.58. The first-order valence-electron chi connectivity index (χ1n) is 7.32. The van der Waals surface area contributed by atoms with Gasteiger partial charge in [0.05, 0.1) is 0 Å². The fourth-order valence-electron chi connectivity index (χ4n) is 3.82. The predicted molar refractivity (Wildman–Crippen MR) is 86.4 cm³/mol. The lowest BCUT2D eigenvalue weighted by molar-refractivity contribution is 0.226. The molecular formula is C16H21BrClN. The van der Waals surface area contributed by atoms with Gasteiger partial charge in [-0.05, 0) is 54.9 Å². The molecule has 1 saturated carbocycles. The van der Waals surface area contributed by atoms with E-state index in [1.54, 1.807) is 0 Å². The average molecular weight is 343 g/mol. The van der Waals surface area contributed by atoms with E-state index in [0.717, 1.165) is 10.4 Å². The highest BCUT2D eigenvalue weighted by Gasteiger charge is 2.37. The summed E-state index contributed by atoms with van der Waals surface area (Å²) in [5.41, 5.74) is 3.38. The lowest BCUT2D eigenvalue weighted by atomic mass is 9.77. The molecule has 1 heterocycles. The number of anilines is 1. The van der Waals surface area contributed by atoms with Crippen LogP contribution >= 0.6 is 27.5 Å². The van der Waals surface area contributed by atoms with Gasteiger partial charge in [-0.1, -0.05) is 40.4 Å². The summed E-state index contributed by atoms with van der Waals surface area (Å²) in [4.78, 5) is 2.55. The maximum absolute atomic E-state index is 6.09. The second kappa shape index (κ2) is 5.65. The molecule has 3 rings (SSSR count). The van der Waals surface area contributed by atoms with Crippen LogP contribution in [0.2, 0.25) is 5.02 Å². The van der Waals surface area contributed by atoms with E-state index in [1.165, 1.54) is 62.9 Å². The Bertz CT molecular complexity index is 444. The Morgan fingerprint density at radius 2 is 1.79 bits per heavy atom. The molecule has 1 aromatic rings. The first-order valence-corrected chi connectivity index (χ1v) is 8.82. The first kappa shape index (κ1) is 13.8. The van der Waals surface area contributed by atoms with E-state index in [2.05, 4.69) is 33.0 Å². The van der Waals surface area contributed by atoms with E-state index in [0.29, 0.717) is 5.41 Å². The number of alkyl halides is 1. The van der Waals surface area contributed by atoms with E-state index < -0.39 is 0 Å². The lowest BCUT2D eigenvalue weighted by Crippen LogP contribution is -2.39. The summed E-state index contributed by atoms with van der Waals surface area (Å²) >= 11 is 9.68. The predicted octanol–water partition coefficient (Wildman–Crippen LogP) is 5.40. The van der Waals surface area contributed by atoms with E-state index in [-0.39, 0.29) is 0 Å². The zero-order chi connectivity index (χ0) is 13.3. The highest BCUT2D eigenvalue weighted by atomic mass is 79.9. The highest BCUT2D eigenvalue weighted by molar-refractivity contribution is 9.08. The summed E-state index contributed by atoms with van der Waals surface area (Å²) in [7, 11) is 0. The molecule has 1 saturated heterocycles. The molecule has 2 aliphatic rings. The molecule has 3 heteroatoms. The molecule has 1 aliphatic carbocycles. The third-order valence-corrected chi connectivity index (χ3v) is 5.85. The Morgan fingerprint density at radius 1 is 1.11 bits per heavy atom. The summed E-state index contributed by atoms with van der Waals surface area (Å²) in [6, 6.07) is 6.29. The fraction of sp³-hybridized carbons (Fsp3) is 0.625. The monoisotopic (exact) mass is 341 g/mol. The van der Waals surface area contributed by atoms with Gasteiger partial charge in [0.25, 0.3) is 0 Å². The standard InChI is InChI=1S/C16H21BrClN/c17-12-13-11-14(18)3-4-15(13)19-9-7-16(8-10-19)5-1-2-6-16/h3-4,11H,1-2,5-10,12H2. The topological polar surface area (TPSA) is 3.24 Å². The molecule has 0 unspecified atom stereocenters. The number of benzene rings is 1. The van der Waals surface area contributed by atoms with Crippen LogP contribution < -0.4 is 4.90 Å². The second-order valence-electron chi connectivity index (χ2n) is 6.10. The minimum Gasteiger partial charge on any atom is -0.371 e. The molecule has 0 radical (unpaired) electrons. The van der Waals surface area contributed by atoms with Gasteiger partial charge in [0.1, 0.15) is 0 Å². The highest BCUT2D eigenvalue weighted by Crippen LogP contribution is 2.47. The summed E-state index contributed by atoms with van der Waals surface area (Å²) in [6.45, 7) is 2.42. The third-order valence-electron chi connectivity index (χ3n) is 5.01. The Kier molecular flexibility index (Phi) is 4.09. The van der Waals surface area contributed by atoms with Crippen molar-refractivity contribution in [1.82, 2.24) is 0 Å². The zero-order valence-electron chi connectivity index (χ0n) is 11.3. The Labute approximate surface area is 129 Å².